The molecule has 1 amide bonds. The van der Waals surface area contributed by atoms with Gasteiger partial charge in [-0.2, -0.15) is 0 Å². The van der Waals surface area contributed by atoms with E-state index in [1.54, 1.807) is 6.07 Å². The molecule has 0 aromatic heterocycles. The molecule has 30 heavy (non-hydrogen) atoms. The minimum atomic E-state index is -0.271. The van der Waals surface area contributed by atoms with Gasteiger partial charge >= 0.3 is 0 Å². The van der Waals surface area contributed by atoms with E-state index in [1.807, 2.05) is 59.5 Å². The SMILES string of the molecule is NCC(C(=O)N1CCC(c2cccc(-c3ccccc3O)c2)CC1)c1ccccc1. The second-order valence-electron chi connectivity index (χ2n) is 7.94. The zero-order valence-corrected chi connectivity index (χ0v) is 17.1. The molecule has 0 spiro atoms. The molecule has 4 nitrogen and oxygen atoms in total. The van der Waals surface area contributed by atoms with E-state index in [0.29, 0.717) is 18.2 Å². The van der Waals surface area contributed by atoms with E-state index in [4.69, 9.17) is 5.73 Å². The third-order valence-corrected chi connectivity index (χ3v) is 6.12. The summed E-state index contributed by atoms with van der Waals surface area (Å²) in [5.41, 5.74) is 10.1. The van der Waals surface area contributed by atoms with Gasteiger partial charge in [-0.3, -0.25) is 4.79 Å². The Morgan fingerprint density at radius 2 is 1.67 bits per heavy atom. The first kappa shape index (κ1) is 20.2. The molecule has 154 valence electrons. The average Bonchev–Trinajstić information content (AvgIpc) is 2.81. The average molecular weight is 401 g/mol. The Hall–Kier alpha value is -3.11. The van der Waals surface area contributed by atoms with Crippen LogP contribution in [0.3, 0.4) is 0 Å². The number of hydrogen-bond donors (Lipinski definition) is 2. The highest BCUT2D eigenvalue weighted by atomic mass is 16.3. The summed E-state index contributed by atoms with van der Waals surface area (Å²) in [6.07, 6.45) is 1.87. The van der Waals surface area contributed by atoms with Crippen LogP contribution in [0.25, 0.3) is 11.1 Å². The molecule has 1 atom stereocenters. The monoisotopic (exact) mass is 400 g/mol. The summed E-state index contributed by atoms with van der Waals surface area (Å²) >= 11 is 0. The number of benzene rings is 3. The van der Waals surface area contributed by atoms with Crippen molar-refractivity contribution in [2.24, 2.45) is 5.73 Å². The van der Waals surface area contributed by atoms with E-state index < -0.39 is 0 Å². The quantitative estimate of drug-likeness (QED) is 0.662. The van der Waals surface area contributed by atoms with Crippen LogP contribution >= 0.6 is 0 Å². The third kappa shape index (κ3) is 4.24. The number of rotatable bonds is 5. The maximum Gasteiger partial charge on any atom is 0.231 e. The number of piperidine rings is 1. The smallest absolute Gasteiger partial charge is 0.231 e. The highest BCUT2D eigenvalue weighted by molar-refractivity contribution is 5.84. The number of nitrogens with two attached hydrogens (primary N) is 1. The van der Waals surface area contributed by atoms with Gasteiger partial charge in [0, 0.05) is 25.2 Å². The topological polar surface area (TPSA) is 66.6 Å². The number of nitrogens with zero attached hydrogens (tertiary/aromatic N) is 1. The molecule has 1 aliphatic heterocycles. The largest absolute Gasteiger partial charge is 0.507 e. The minimum Gasteiger partial charge on any atom is -0.507 e. The Balaban J connectivity index is 1.44. The minimum absolute atomic E-state index is 0.130. The number of aromatic hydroxyl groups is 1. The fourth-order valence-corrected chi connectivity index (χ4v) is 4.40. The predicted octanol–water partition coefficient (Wildman–Crippen LogP) is 4.51. The van der Waals surface area contributed by atoms with Crippen molar-refractivity contribution in [3.63, 3.8) is 0 Å². The van der Waals surface area contributed by atoms with Crippen LogP contribution in [0.1, 0.15) is 35.8 Å². The Kier molecular flexibility index (Phi) is 6.15. The lowest BCUT2D eigenvalue weighted by Gasteiger charge is -2.34. The van der Waals surface area contributed by atoms with Crippen molar-refractivity contribution in [1.29, 1.82) is 0 Å². The molecule has 3 aromatic carbocycles. The number of likely N-dealkylation sites (tertiary alicyclic amines) is 1. The summed E-state index contributed by atoms with van der Waals surface area (Å²) < 4.78 is 0. The Morgan fingerprint density at radius 1 is 0.967 bits per heavy atom. The van der Waals surface area contributed by atoms with Gasteiger partial charge in [-0.05, 0) is 41.5 Å². The normalized spacial score (nSPS) is 15.7. The van der Waals surface area contributed by atoms with Crippen molar-refractivity contribution in [3.05, 3.63) is 90.0 Å². The van der Waals surface area contributed by atoms with Crippen LogP contribution in [0.4, 0.5) is 0 Å². The van der Waals surface area contributed by atoms with E-state index in [-0.39, 0.29) is 11.8 Å². The number of carbonyl (C=O) groups excluding carboxylic acids is 1. The highest BCUT2D eigenvalue weighted by Crippen LogP contribution is 2.34. The van der Waals surface area contributed by atoms with Crippen LogP contribution in [-0.4, -0.2) is 35.5 Å². The first-order valence-corrected chi connectivity index (χ1v) is 10.6. The van der Waals surface area contributed by atoms with E-state index >= 15 is 0 Å². The third-order valence-electron chi connectivity index (χ3n) is 6.12. The lowest BCUT2D eigenvalue weighted by Crippen LogP contribution is -2.42. The lowest BCUT2D eigenvalue weighted by molar-refractivity contribution is -0.133. The molecule has 4 rings (SSSR count). The van der Waals surface area contributed by atoms with Crippen molar-refractivity contribution >= 4 is 5.91 Å². The maximum absolute atomic E-state index is 13.1. The second-order valence-corrected chi connectivity index (χ2v) is 7.94. The fraction of sp³-hybridized carbons (Fsp3) is 0.269. The molecule has 0 aliphatic carbocycles. The van der Waals surface area contributed by atoms with Gasteiger partial charge in [0.25, 0.3) is 0 Å². The van der Waals surface area contributed by atoms with E-state index in [2.05, 4.69) is 18.2 Å². The van der Waals surface area contributed by atoms with E-state index in [0.717, 1.165) is 42.6 Å². The van der Waals surface area contributed by atoms with Gasteiger partial charge in [0.1, 0.15) is 5.75 Å². The Morgan fingerprint density at radius 3 is 2.37 bits per heavy atom. The Labute approximate surface area is 178 Å². The van der Waals surface area contributed by atoms with Crippen LogP contribution in [0, 0.1) is 0 Å². The predicted molar refractivity (Wildman–Crippen MR) is 120 cm³/mol. The van der Waals surface area contributed by atoms with Crippen LogP contribution in [0.15, 0.2) is 78.9 Å². The zero-order valence-electron chi connectivity index (χ0n) is 17.1. The standard InChI is InChI=1S/C26H28N2O2/c27-18-24(20-7-2-1-3-8-20)26(30)28-15-13-19(14-16-28)21-9-6-10-22(17-21)23-11-4-5-12-25(23)29/h1-12,17,19,24,29H,13-16,18,27H2. The van der Waals surface area contributed by atoms with Crippen molar-refractivity contribution in [3.8, 4) is 16.9 Å². The molecular formula is C26H28N2O2. The van der Waals surface area contributed by atoms with Crippen LogP contribution in [0.2, 0.25) is 0 Å². The molecule has 1 aliphatic rings. The summed E-state index contributed by atoms with van der Waals surface area (Å²) in [4.78, 5) is 15.0. The summed E-state index contributed by atoms with van der Waals surface area (Å²) in [5.74, 6) is 0.564. The van der Waals surface area contributed by atoms with Crippen LogP contribution in [0.5, 0.6) is 5.75 Å². The van der Waals surface area contributed by atoms with E-state index in [9.17, 15) is 9.90 Å². The summed E-state index contributed by atoms with van der Waals surface area (Å²) in [6, 6.07) is 25.6. The molecule has 1 heterocycles. The van der Waals surface area contributed by atoms with Crippen molar-refractivity contribution in [2.45, 2.75) is 24.7 Å². The zero-order chi connectivity index (χ0) is 20.9. The molecule has 0 radical (unpaired) electrons. The number of phenols is 1. The molecule has 3 N–H and O–H groups in total. The number of amides is 1. The van der Waals surface area contributed by atoms with Gasteiger partial charge in [0.05, 0.1) is 5.92 Å². The van der Waals surface area contributed by atoms with Crippen molar-refractivity contribution < 1.29 is 9.90 Å². The lowest BCUT2D eigenvalue weighted by atomic mass is 9.87. The molecule has 1 saturated heterocycles. The van der Waals surface area contributed by atoms with E-state index in [1.165, 1.54) is 5.56 Å². The van der Waals surface area contributed by atoms with Gasteiger partial charge in [-0.15, -0.1) is 0 Å². The van der Waals surface area contributed by atoms with Crippen molar-refractivity contribution in [2.75, 3.05) is 19.6 Å². The van der Waals surface area contributed by atoms with Gasteiger partial charge in [-0.25, -0.2) is 0 Å². The Bertz CT molecular complexity index is 995. The summed E-state index contributed by atoms with van der Waals surface area (Å²) in [5, 5.41) is 10.2. The summed E-state index contributed by atoms with van der Waals surface area (Å²) in [6.45, 7) is 1.81. The number of phenolic OH excluding ortho intramolecular Hbond substituents is 1. The molecule has 4 heteroatoms. The summed E-state index contributed by atoms with van der Waals surface area (Å²) in [7, 11) is 0. The highest BCUT2D eigenvalue weighted by Gasteiger charge is 2.29. The van der Waals surface area contributed by atoms with Gasteiger partial charge in [0.2, 0.25) is 5.91 Å². The molecular weight excluding hydrogens is 372 g/mol. The maximum atomic E-state index is 13.1. The molecule has 0 saturated carbocycles. The second kappa shape index (κ2) is 9.14. The van der Waals surface area contributed by atoms with Crippen molar-refractivity contribution in [1.82, 2.24) is 4.90 Å². The van der Waals surface area contributed by atoms with Gasteiger partial charge in [0.15, 0.2) is 0 Å². The molecule has 1 fully saturated rings. The van der Waals surface area contributed by atoms with Crippen LogP contribution in [-0.2, 0) is 4.79 Å². The number of para-hydroxylation sites is 1. The number of carbonyl (C=O) groups is 1. The molecule has 1 unspecified atom stereocenters. The van der Waals surface area contributed by atoms with Gasteiger partial charge in [-0.1, -0.05) is 72.8 Å². The number of hydrogen-bond acceptors (Lipinski definition) is 3. The molecule has 3 aromatic rings. The first-order chi connectivity index (χ1) is 14.7. The van der Waals surface area contributed by atoms with Gasteiger partial charge < -0.3 is 15.7 Å². The fourth-order valence-electron chi connectivity index (χ4n) is 4.40. The van der Waals surface area contributed by atoms with Crippen LogP contribution < -0.4 is 5.73 Å². The molecule has 0 bridgehead atoms. The first-order valence-electron chi connectivity index (χ1n) is 10.6.